The largest absolute Gasteiger partial charge is 1.00 e. The van der Waals surface area contributed by atoms with Crippen LogP contribution in [0.3, 0.4) is 0 Å². The Morgan fingerprint density at radius 1 is 0.692 bits per heavy atom. The molecule has 16 nitrogen and oxygen atoms in total. The number of aliphatic carboxylic acids is 4. The van der Waals surface area contributed by atoms with Crippen molar-refractivity contribution in [2.24, 2.45) is 0 Å². The summed E-state index contributed by atoms with van der Waals surface area (Å²) in [6.45, 7) is 6.87. The number of thiophene rings is 2. The summed E-state index contributed by atoms with van der Waals surface area (Å²) >= 11 is 5.04. The third-order valence-corrected chi connectivity index (χ3v) is 13.2. The van der Waals surface area contributed by atoms with E-state index in [9.17, 15) is 58.8 Å². The van der Waals surface area contributed by atoms with Gasteiger partial charge in [-0.3, -0.25) is 19.2 Å². The number of nitrogens with zero attached hydrogens (tertiary/aromatic N) is 2. The van der Waals surface area contributed by atoms with Gasteiger partial charge in [-0.2, -0.15) is 22.7 Å². The molecular weight excluding hydrogens is 783 g/mol. The fourth-order valence-corrected chi connectivity index (χ4v) is 11.1. The third kappa shape index (κ3) is 8.11. The van der Waals surface area contributed by atoms with Crippen LogP contribution in [0, 0.1) is 0 Å². The average molecular weight is 813 g/mol. The van der Waals surface area contributed by atoms with Gasteiger partial charge in [-0.05, 0) is 72.5 Å². The molecule has 0 spiro atoms. The van der Waals surface area contributed by atoms with Crippen molar-refractivity contribution in [2.75, 3.05) is 0 Å². The van der Waals surface area contributed by atoms with Crippen molar-refractivity contribution < 1.29 is 118 Å². The van der Waals surface area contributed by atoms with Crippen LogP contribution >= 0.6 is 46.2 Å². The van der Waals surface area contributed by atoms with Gasteiger partial charge in [0.1, 0.15) is 46.8 Å². The van der Waals surface area contributed by atoms with Gasteiger partial charge in [-0.1, -0.05) is 0 Å². The van der Waals surface area contributed by atoms with Crippen LogP contribution < -0.4 is 80.0 Å². The molecule has 4 amide bonds. The zero-order chi connectivity index (χ0) is 37.0. The quantitative estimate of drug-likeness (QED) is 0.0989. The van der Waals surface area contributed by atoms with E-state index in [0.717, 1.165) is 0 Å². The summed E-state index contributed by atoms with van der Waals surface area (Å²) in [5.74, 6) is -11.1. The molecule has 4 saturated heterocycles. The molecule has 2 aromatic rings. The van der Waals surface area contributed by atoms with Crippen LogP contribution in [0.1, 0.15) is 50.7 Å². The van der Waals surface area contributed by atoms with E-state index >= 15 is 0 Å². The van der Waals surface area contributed by atoms with Crippen LogP contribution in [0.25, 0.3) is 0 Å². The molecule has 6 rings (SSSR count). The van der Waals surface area contributed by atoms with Crippen LogP contribution in [0.15, 0.2) is 33.7 Å². The second-order valence-electron chi connectivity index (χ2n) is 12.8. The second kappa shape index (κ2) is 16.7. The predicted octanol–water partition coefficient (Wildman–Crippen LogP) is -7.57. The molecule has 0 saturated carbocycles. The molecule has 0 aliphatic carbocycles. The average Bonchev–Trinajstić information content (AvgIpc) is 3.80. The standard InChI is InChI=1S/2C15H16N2O6S2.2Na/c2*1-15(2)9(14(22)23)17-11(19)8(12(17)25-15)16-10(18)7(13(20)21)6-3-4-24-5-6;;/h2*3-5,7-9,12H,1-2H3,(H,16,18)(H,20,21)(H,22,23);;/q;;2*+1/p-2. The zero-order valence-electron chi connectivity index (χ0n) is 28.6. The number of amides is 4. The normalized spacial score (nSPS) is 26.9. The number of carboxylic acid groups (broad SMARTS) is 4. The van der Waals surface area contributed by atoms with Gasteiger partial charge in [0.15, 0.2) is 0 Å². The fourth-order valence-electron chi connectivity index (χ4n) is 6.43. The molecule has 6 heterocycles. The van der Waals surface area contributed by atoms with Crippen molar-refractivity contribution in [1.82, 2.24) is 20.4 Å². The number of β-lactam (4-membered cyclic amide) rings is 2. The van der Waals surface area contributed by atoms with Crippen molar-refractivity contribution in [1.29, 1.82) is 0 Å². The molecule has 22 heteroatoms. The molecule has 2 aromatic heterocycles. The van der Waals surface area contributed by atoms with E-state index in [1.807, 2.05) is 0 Å². The van der Waals surface area contributed by atoms with Crippen LogP contribution in [0.2, 0.25) is 0 Å². The smallest absolute Gasteiger partial charge is 0.549 e. The zero-order valence-corrected chi connectivity index (χ0v) is 35.9. The minimum atomic E-state index is -1.55. The Morgan fingerprint density at radius 2 is 1.02 bits per heavy atom. The number of carboxylic acids is 4. The van der Waals surface area contributed by atoms with Gasteiger partial charge in [0.2, 0.25) is 23.6 Å². The van der Waals surface area contributed by atoms with Gasteiger partial charge >= 0.3 is 71.1 Å². The molecule has 0 aromatic carbocycles. The Labute approximate surface area is 357 Å². The number of hydrogen-bond donors (Lipinski definition) is 4. The van der Waals surface area contributed by atoms with Crippen molar-refractivity contribution in [3.05, 3.63) is 44.8 Å². The summed E-state index contributed by atoms with van der Waals surface area (Å²) in [6.07, 6.45) is 0. The Kier molecular flexibility index (Phi) is 14.2. The van der Waals surface area contributed by atoms with Crippen LogP contribution in [0.5, 0.6) is 0 Å². The van der Waals surface area contributed by atoms with E-state index < -0.39 is 104 Å². The van der Waals surface area contributed by atoms with Crippen molar-refractivity contribution in [2.45, 2.75) is 83.9 Å². The first-order chi connectivity index (χ1) is 23.3. The van der Waals surface area contributed by atoms with Crippen molar-refractivity contribution in [3.8, 4) is 0 Å². The maximum absolute atomic E-state index is 12.4. The second-order valence-corrected chi connectivity index (χ2v) is 17.9. The summed E-state index contributed by atoms with van der Waals surface area (Å²) in [5, 5.41) is 51.6. The molecule has 4 aliphatic rings. The fraction of sp³-hybridized carbons (Fsp3) is 0.467. The van der Waals surface area contributed by atoms with Gasteiger partial charge in [-0.15, -0.1) is 23.5 Å². The molecule has 52 heavy (non-hydrogen) atoms. The van der Waals surface area contributed by atoms with Crippen molar-refractivity contribution in [3.63, 3.8) is 0 Å². The molecule has 4 fully saturated rings. The molecule has 0 bridgehead atoms. The first-order valence-corrected chi connectivity index (χ1v) is 18.5. The molecule has 4 aliphatic heterocycles. The molecule has 8 unspecified atom stereocenters. The summed E-state index contributed by atoms with van der Waals surface area (Å²) < 4.78 is -1.43. The number of carbonyl (C=O) groups excluding carboxylic acids is 6. The first-order valence-electron chi connectivity index (χ1n) is 14.8. The Hall–Kier alpha value is -2.14. The minimum absolute atomic E-state index is 0. The molecule has 8 atom stereocenters. The summed E-state index contributed by atoms with van der Waals surface area (Å²) in [4.78, 5) is 97.5. The maximum atomic E-state index is 12.4. The van der Waals surface area contributed by atoms with E-state index in [-0.39, 0.29) is 70.2 Å². The van der Waals surface area contributed by atoms with E-state index in [0.29, 0.717) is 0 Å². The molecular formula is C30H30N4Na2O12S4. The summed E-state index contributed by atoms with van der Waals surface area (Å²) in [6, 6.07) is -0.849. The van der Waals surface area contributed by atoms with Crippen molar-refractivity contribution >= 4 is 93.7 Å². The number of hydrogen-bond acceptors (Lipinski definition) is 14. The first kappa shape index (κ1) is 44.3. The van der Waals surface area contributed by atoms with Gasteiger partial charge in [0.05, 0.1) is 11.9 Å². The molecule has 4 N–H and O–H groups in total. The third-order valence-electron chi connectivity index (χ3n) is 8.69. The van der Waals surface area contributed by atoms with E-state index in [2.05, 4.69) is 10.6 Å². The monoisotopic (exact) mass is 812 g/mol. The van der Waals surface area contributed by atoms with E-state index in [1.165, 1.54) is 78.9 Å². The molecule has 268 valence electrons. The number of rotatable bonds is 10. The molecule has 0 radical (unpaired) electrons. The predicted molar refractivity (Wildman–Crippen MR) is 175 cm³/mol. The minimum Gasteiger partial charge on any atom is -0.549 e. The summed E-state index contributed by atoms with van der Waals surface area (Å²) in [7, 11) is 0. The topological polar surface area (TPSA) is 254 Å². The summed E-state index contributed by atoms with van der Waals surface area (Å²) in [5.41, 5.74) is 0.572. The number of carbonyl (C=O) groups is 8. The number of nitrogens with one attached hydrogen (secondary N) is 2. The van der Waals surface area contributed by atoms with Gasteiger partial charge in [-0.25, -0.2) is 9.59 Å². The number of fused-ring (bicyclic) bond motifs is 2. The van der Waals surface area contributed by atoms with Gasteiger partial charge in [0, 0.05) is 9.49 Å². The SMILES string of the molecule is CC1(C)SC2C(NC(=O)C(C(=O)[O-])c3ccsc3)C(=O)N2C1C(=O)O.CC1(C)SC2C(NC(=O)C(C(=O)[O-])c3ccsc3)C(=O)N2C1C(=O)O.[Na+].[Na+]. The van der Waals surface area contributed by atoms with Crippen LogP contribution in [-0.4, -0.2) is 112 Å². The van der Waals surface area contributed by atoms with Gasteiger partial charge < -0.3 is 50.4 Å². The maximum Gasteiger partial charge on any atom is 1.00 e. The Morgan fingerprint density at radius 3 is 1.27 bits per heavy atom. The number of thioether (sulfide) groups is 2. The van der Waals surface area contributed by atoms with E-state index in [1.54, 1.807) is 38.5 Å². The Balaban J connectivity index is 0.000000270. The van der Waals surface area contributed by atoms with Gasteiger partial charge in [0.25, 0.3) is 0 Å². The van der Waals surface area contributed by atoms with E-state index in [4.69, 9.17) is 0 Å². The van der Waals surface area contributed by atoms with Crippen LogP contribution in [-0.2, 0) is 38.4 Å². The Bertz CT molecular complexity index is 1630. The van der Waals surface area contributed by atoms with Crippen LogP contribution in [0.4, 0.5) is 0 Å².